The summed E-state index contributed by atoms with van der Waals surface area (Å²) < 4.78 is 26.4. The Bertz CT molecular complexity index is 881. The Morgan fingerprint density at radius 1 is 1.08 bits per heavy atom. The van der Waals surface area contributed by atoms with Crippen LogP contribution in [0.25, 0.3) is 0 Å². The van der Waals surface area contributed by atoms with Gasteiger partial charge in [-0.1, -0.05) is 12.1 Å². The Morgan fingerprint density at radius 3 is 2.20 bits per heavy atom. The molecular formula is C15H20N6O3S. The second kappa shape index (κ2) is 7.11. The molecular weight excluding hydrogens is 344 g/mol. The molecule has 1 aromatic heterocycles. The van der Waals surface area contributed by atoms with E-state index in [4.69, 9.17) is 5.73 Å². The minimum absolute atomic E-state index is 0.0188. The van der Waals surface area contributed by atoms with Gasteiger partial charge >= 0.3 is 0 Å². The highest BCUT2D eigenvalue weighted by atomic mass is 32.2. The molecule has 0 saturated carbocycles. The SMILES string of the molecule is CC(=O)c1ccc(S(=O)(=O)N(C)Cc2nc(N)nc(N(C)C)n2)cc1. The van der Waals surface area contributed by atoms with Crippen molar-refractivity contribution in [2.75, 3.05) is 31.8 Å². The number of rotatable bonds is 6. The summed E-state index contributed by atoms with van der Waals surface area (Å²) in [5, 5.41) is 0. The van der Waals surface area contributed by atoms with E-state index in [9.17, 15) is 13.2 Å². The van der Waals surface area contributed by atoms with Crippen LogP contribution in [0, 0.1) is 0 Å². The van der Waals surface area contributed by atoms with E-state index < -0.39 is 10.0 Å². The number of carbonyl (C=O) groups excluding carboxylic acids is 1. The minimum atomic E-state index is -3.76. The molecule has 134 valence electrons. The molecule has 10 heteroatoms. The number of aromatic nitrogens is 3. The van der Waals surface area contributed by atoms with Gasteiger partial charge in [-0.05, 0) is 19.1 Å². The van der Waals surface area contributed by atoms with Gasteiger partial charge in [-0.2, -0.15) is 19.3 Å². The molecule has 0 aliphatic carbocycles. The molecule has 0 fully saturated rings. The Kier molecular flexibility index (Phi) is 5.33. The maximum atomic E-state index is 12.6. The third-order valence-electron chi connectivity index (χ3n) is 3.42. The van der Waals surface area contributed by atoms with E-state index in [0.717, 1.165) is 4.31 Å². The molecule has 2 rings (SSSR count). The number of nitrogen functional groups attached to an aromatic ring is 1. The fourth-order valence-corrected chi connectivity index (χ4v) is 3.15. The van der Waals surface area contributed by atoms with Crippen molar-refractivity contribution in [2.24, 2.45) is 0 Å². The first-order valence-corrected chi connectivity index (χ1v) is 8.80. The topological polar surface area (TPSA) is 122 Å². The first-order valence-electron chi connectivity index (χ1n) is 7.36. The lowest BCUT2D eigenvalue weighted by Crippen LogP contribution is -2.28. The number of carbonyl (C=O) groups is 1. The largest absolute Gasteiger partial charge is 0.368 e. The predicted molar refractivity (Wildman–Crippen MR) is 93.7 cm³/mol. The molecule has 0 unspecified atom stereocenters. The van der Waals surface area contributed by atoms with Crippen LogP contribution < -0.4 is 10.6 Å². The van der Waals surface area contributed by atoms with Gasteiger partial charge in [-0.15, -0.1) is 0 Å². The summed E-state index contributed by atoms with van der Waals surface area (Å²) >= 11 is 0. The average Bonchev–Trinajstić information content (AvgIpc) is 2.54. The Morgan fingerprint density at radius 2 is 1.68 bits per heavy atom. The quantitative estimate of drug-likeness (QED) is 0.737. The molecule has 2 aromatic rings. The van der Waals surface area contributed by atoms with Crippen LogP contribution in [0.15, 0.2) is 29.2 Å². The molecule has 0 aliphatic rings. The Hall–Kier alpha value is -2.59. The fourth-order valence-electron chi connectivity index (χ4n) is 2.02. The number of anilines is 2. The summed E-state index contributed by atoms with van der Waals surface area (Å²) in [7, 11) is 1.15. The number of nitrogens with two attached hydrogens (primary N) is 1. The maximum absolute atomic E-state index is 12.6. The number of ketones is 1. The van der Waals surface area contributed by atoms with Gasteiger partial charge in [-0.25, -0.2) is 8.42 Å². The second-order valence-corrected chi connectivity index (χ2v) is 7.69. The van der Waals surface area contributed by atoms with E-state index in [2.05, 4.69) is 15.0 Å². The zero-order valence-corrected chi connectivity index (χ0v) is 15.3. The molecule has 0 atom stereocenters. The summed E-state index contributed by atoms with van der Waals surface area (Å²) in [5.41, 5.74) is 6.10. The number of Topliss-reactive ketones (excluding diaryl/α,β-unsaturated/α-hetero) is 1. The molecule has 1 aromatic carbocycles. The molecule has 9 nitrogen and oxygen atoms in total. The molecule has 0 saturated heterocycles. The molecule has 0 amide bonds. The van der Waals surface area contributed by atoms with Crippen LogP contribution in [0.3, 0.4) is 0 Å². The predicted octanol–water partition coefficient (Wildman–Crippen LogP) is 0.543. The van der Waals surface area contributed by atoms with Crippen LogP contribution in [0.4, 0.5) is 11.9 Å². The number of benzene rings is 1. The van der Waals surface area contributed by atoms with Crippen molar-refractivity contribution in [3.8, 4) is 0 Å². The molecule has 0 radical (unpaired) electrons. The molecule has 2 N–H and O–H groups in total. The van der Waals surface area contributed by atoms with Gasteiger partial charge in [0.05, 0.1) is 11.4 Å². The molecule has 25 heavy (non-hydrogen) atoms. The lowest BCUT2D eigenvalue weighted by molar-refractivity contribution is 0.101. The van der Waals surface area contributed by atoms with Crippen LogP contribution in [0.1, 0.15) is 23.1 Å². The van der Waals surface area contributed by atoms with E-state index in [1.54, 1.807) is 19.0 Å². The highest BCUT2D eigenvalue weighted by Crippen LogP contribution is 2.17. The van der Waals surface area contributed by atoms with Crippen LogP contribution in [-0.4, -0.2) is 54.6 Å². The second-order valence-electron chi connectivity index (χ2n) is 5.65. The lowest BCUT2D eigenvalue weighted by atomic mass is 10.2. The van der Waals surface area contributed by atoms with Crippen molar-refractivity contribution < 1.29 is 13.2 Å². The van der Waals surface area contributed by atoms with Crippen molar-refractivity contribution >= 4 is 27.7 Å². The highest BCUT2D eigenvalue weighted by molar-refractivity contribution is 7.89. The smallest absolute Gasteiger partial charge is 0.243 e. The number of hydrogen-bond acceptors (Lipinski definition) is 8. The van der Waals surface area contributed by atoms with Crippen LogP contribution in [-0.2, 0) is 16.6 Å². The van der Waals surface area contributed by atoms with Gasteiger partial charge in [0, 0.05) is 26.7 Å². The van der Waals surface area contributed by atoms with Crippen molar-refractivity contribution in [3.63, 3.8) is 0 Å². The summed E-state index contributed by atoms with van der Waals surface area (Å²) in [6.45, 7) is 1.35. The molecule has 0 aliphatic heterocycles. The van der Waals surface area contributed by atoms with Gasteiger partial charge in [0.2, 0.25) is 21.9 Å². The minimum Gasteiger partial charge on any atom is -0.368 e. The molecule has 0 spiro atoms. The summed E-state index contributed by atoms with van der Waals surface area (Å²) in [6, 6.07) is 5.76. The molecule has 0 bridgehead atoms. The number of sulfonamides is 1. The summed E-state index contributed by atoms with van der Waals surface area (Å²) in [5.74, 6) is 0.473. The number of nitrogens with zero attached hydrogens (tertiary/aromatic N) is 5. The van der Waals surface area contributed by atoms with Crippen molar-refractivity contribution in [1.82, 2.24) is 19.3 Å². The standard InChI is InChI=1S/C15H20N6O3S/c1-10(22)11-5-7-12(8-6-11)25(23,24)21(4)9-13-17-14(16)19-15(18-13)20(2)3/h5-8H,9H2,1-4H3,(H2,16,17,18,19). The van der Waals surface area contributed by atoms with Crippen LogP contribution in [0.2, 0.25) is 0 Å². The van der Waals surface area contributed by atoms with Crippen molar-refractivity contribution in [1.29, 1.82) is 0 Å². The Labute approximate surface area is 146 Å². The Balaban J connectivity index is 2.27. The third kappa shape index (κ3) is 4.28. The zero-order valence-electron chi connectivity index (χ0n) is 14.5. The van der Waals surface area contributed by atoms with E-state index in [-0.39, 0.29) is 29.0 Å². The van der Waals surface area contributed by atoms with Crippen LogP contribution in [0.5, 0.6) is 0 Å². The van der Waals surface area contributed by atoms with Crippen LogP contribution >= 0.6 is 0 Å². The van der Waals surface area contributed by atoms with Gasteiger partial charge in [0.25, 0.3) is 0 Å². The maximum Gasteiger partial charge on any atom is 0.243 e. The first-order chi connectivity index (χ1) is 11.6. The molecule has 1 heterocycles. The number of hydrogen-bond donors (Lipinski definition) is 1. The van der Waals surface area contributed by atoms with E-state index in [1.165, 1.54) is 38.2 Å². The van der Waals surface area contributed by atoms with E-state index >= 15 is 0 Å². The van der Waals surface area contributed by atoms with Crippen molar-refractivity contribution in [3.05, 3.63) is 35.7 Å². The van der Waals surface area contributed by atoms with Crippen molar-refractivity contribution in [2.45, 2.75) is 18.4 Å². The third-order valence-corrected chi connectivity index (χ3v) is 5.24. The van der Waals surface area contributed by atoms with Gasteiger partial charge in [-0.3, -0.25) is 4.79 Å². The van der Waals surface area contributed by atoms with Gasteiger partial charge in [0.15, 0.2) is 11.6 Å². The van der Waals surface area contributed by atoms with Gasteiger partial charge < -0.3 is 10.6 Å². The monoisotopic (exact) mass is 364 g/mol. The van der Waals surface area contributed by atoms with E-state index in [1.807, 2.05) is 0 Å². The highest BCUT2D eigenvalue weighted by Gasteiger charge is 2.22. The zero-order chi connectivity index (χ0) is 18.8. The lowest BCUT2D eigenvalue weighted by Gasteiger charge is -2.18. The summed E-state index contributed by atoms with van der Waals surface area (Å²) in [6.07, 6.45) is 0. The summed E-state index contributed by atoms with van der Waals surface area (Å²) in [4.78, 5) is 25.2. The first kappa shape index (κ1) is 18.7. The average molecular weight is 364 g/mol. The normalized spacial score (nSPS) is 11.6. The van der Waals surface area contributed by atoms with E-state index in [0.29, 0.717) is 11.5 Å². The fraction of sp³-hybridized carbons (Fsp3) is 0.333. The van der Waals surface area contributed by atoms with Gasteiger partial charge in [0.1, 0.15) is 0 Å².